The van der Waals surface area contributed by atoms with Gasteiger partial charge in [0, 0.05) is 5.56 Å². The van der Waals surface area contributed by atoms with Crippen LogP contribution in [-0.4, -0.2) is 23.9 Å². The van der Waals surface area contributed by atoms with Crippen molar-refractivity contribution in [2.75, 3.05) is 7.11 Å². The number of rotatable bonds is 6. The van der Waals surface area contributed by atoms with Gasteiger partial charge in [0.15, 0.2) is 5.78 Å². The van der Waals surface area contributed by atoms with Crippen LogP contribution in [0.25, 0.3) is 0 Å². The van der Waals surface area contributed by atoms with Crippen LogP contribution in [0.3, 0.4) is 0 Å². The smallest absolute Gasteiger partial charge is 0.317 e. The van der Waals surface area contributed by atoms with Gasteiger partial charge in [-0.2, -0.15) is 0 Å². The molecule has 0 amide bonds. The highest BCUT2D eigenvalue weighted by Gasteiger charge is 2.28. The lowest BCUT2D eigenvalue weighted by Crippen LogP contribution is -2.33. The fourth-order valence-electron chi connectivity index (χ4n) is 1.62. The predicted molar refractivity (Wildman–Crippen MR) is 66.7 cm³/mol. The van der Waals surface area contributed by atoms with Crippen molar-refractivity contribution in [3.8, 4) is 5.75 Å². The summed E-state index contributed by atoms with van der Waals surface area (Å²) in [4.78, 5) is 20.2. The topological polar surface area (TPSA) is 98.8 Å². The van der Waals surface area contributed by atoms with E-state index in [-0.39, 0.29) is 0 Å². The number of benzene rings is 1. The highest BCUT2D eigenvalue weighted by molar-refractivity contribution is 7.32. The summed E-state index contributed by atoms with van der Waals surface area (Å²) in [5, 5.41) is 0. The van der Waals surface area contributed by atoms with E-state index in [0.717, 1.165) is 0 Å². The zero-order chi connectivity index (χ0) is 13.7. The molecular weight excluding hydrogens is 257 g/mol. The van der Waals surface area contributed by atoms with E-state index >= 15 is 0 Å². The Kier molecular flexibility index (Phi) is 5.50. The fraction of sp³-hybridized carbons (Fsp3) is 0.364. The van der Waals surface area contributed by atoms with Gasteiger partial charge in [-0.05, 0) is 13.0 Å². The van der Waals surface area contributed by atoms with Crippen molar-refractivity contribution in [2.24, 2.45) is 5.73 Å². The van der Waals surface area contributed by atoms with Crippen LogP contribution >= 0.6 is 8.25 Å². The molecule has 6 nitrogen and oxygen atoms in total. The number of hydrogen-bond donors (Lipinski definition) is 2. The van der Waals surface area contributed by atoms with Crippen LogP contribution in [0, 0.1) is 0 Å². The minimum Gasteiger partial charge on any atom is -0.496 e. The van der Waals surface area contributed by atoms with Crippen molar-refractivity contribution in [3.63, 3.8) is 0 Å². The minimum absolute atomic E-state index is 0.416. The Hall–Kier alpha value is -1.20. The second-order valence-electron chi connectivity index (χ2n) is 3.68. The van der Waals surface area contributed by atoms with Crippen LogP contribution in [0.5, 0.6) is 5.75 Å². The summed E-state index contributed by atoms with van der Waals surface area (Å²) in [6, 6.07) is 6.00. The molecule has 0 radical (unpaired) electrons. The third-order valence-corrected chi connectivity index (χ3v) is 2.91. The van der Waals surface area contributed by atoms with E-state index in [0.29, 0.717) is 11.3 Å². The Morgan fingerprint density at radius 1 is 1.44 bits per heavy atom. The summed E-state index contributed by atoms with van der Waals surface area (Å²) in [6.07, 6.45) is -1.17. The molecule has 0 fully saturated rings. The first-order chi connectivity index (χ1) is 8.47. The molecule has 0 spiro atoms. The summed E-state index contributed by atoms with van der Waals surface area (Å²) < 4.78 is 20.5. The summed E-state index contributed by atoms with van der Waals surface area (Å²) in [7, 11) is -1.76. The molecule has 0 aliphatic rings. The zero-order valence-electron chi connectivity index (χ0n) is 10.1. The van der Waals surface area contributed by atoms with Crippen molar-refractivity contribution in [1.82, 2.24) is 0 Å². The maximum absolute atomic E-state index is 11.4. The Bertz CT molecular complexity index is 451. The van der Waals surface area contributed by atoms with Crippen molar-refractivity contribution >= 4 is 14.0 Å². The monoisotopic (exact) mass is 273 g/mol. The van der Waals surface area contributed by atoms with E-state index in [1.165, 1.54) is 14.0 Å². The molecule has 7 heteroatoms. The average molecular weight is 273 g/mol. The molecule has 3 atom stereocenters. The summed E-state index contributed by atoms with van der Waals surface area (Å²) in [5.74, 6) is 0.0817. The number of nitrogens with two attached hydrogens (primary N) is 1. The van der Waals surface area contributed by atoms with E-state index in [4.69, 9.17) is 19.9 Å². The molecule has 1 rings (SSSR count). The van der Waals surface area contributed by atoms with Crippen LogP contribution in [0.1, 0.15) is 18.5 Å². The number of carbonyl (C=O) groups is 1. The summed E-state index contributed by atoms with van der Waals surface area (Å²) in [6.45, 7) is 1.25. The van der Waals surface area contributed by atoms with Crippen LogP contribution in [0.15, 0.2) is 24.3 Å². The minimum atomic E-state index is -3.24. The zero-order valence-corrected chi connectivity index (χ0v) is 11.1. The normalized spacial score (nSPS) is 15.8. The molecule has 0 aliphatic heterocycles. The van der Waals surface area contributed by atoms with E-state index < -0.39 is 26.2 Å². The third kappa shape index (κ3) is 3.65. The maximum Gasteiger partial charge on any atom is 0.317 e. The van der Waals surface area contributed by atoms with Gasteiger partial charge in [0.05, 0.1) is 13.2 Å². The molecule has 0 heterocycles. The lowest BCUT2D eigenvalue weighted by molar-refractivity contribution is -0.124. The predicted octanol–water partition coefficient (Wildman–Crippen LogP) is 1.05. The van der Waals surface area contributed by atoms with Crippen molar-refractivity contribution in [2.45, 2.75) is 19.1 Å². The van der Waals surface area contributed by atoms with E-state index in [1.807, 2.05) is 0 Å². The van der Waals surface area contributed by atoms with Crippen molar-refractivity contribution < 1.29 is 23.5 Å². The van der Waals surface area contributed by atoms with Gasteiger partial charge in [-0.25, -0.2) is 0 Å². The average Bonchev–Trinajstić information content (AvgIpc) is 2.34. The maximum atomic E-state index is 11.4. The van der Waals surface area contributed by atoms with E-state index in [2.05, 4.69) is 0 Å². The van der Waals surface area contributed by atoms with E-state index in [1.54, 1.807) is 24.3 Å². The third-order valence-electron chi connectivity index (χ3n) is 2.45. The first kappa shape index (κ1) is 14.9. The summed E-state index contributed by atoms with van der Waals surface area (Å²) >= 11 is 0. The summed E-state index contributed by atoms with van der Waals surface area (Å²) in [5.41, 5.74) is 6.45. The highest BCUT2D eigenvalue weighted by Crippen LogP contribution is 2.31. The van der Waals surface area contributed by atoms with Gasteiger partial charge in [-0.3, -0.25) is 13.9 Å². The van der Waals surface area contributed by atoms with Crippen molar-refractivity contribution in [1.29, 1.82) is 0 Å². The molecule has 0 aromatic heterocycles. The van der Waals surface area contributed by atoms with Crippen LogP contribution in [0.2, 0.25) is 0 Å². The molecule has 1 aromatic rings. The number of ketones is 1. The first-order valence-electron chi connectivity index (χ1n) is 5.26. The van der Waals surface area contributed by atoms with Gasteiger partial charge in [0.1, 0.15) is 11.9 Å². The largest absolute Gasteiger partial charge is 0.496 e. The molecule has 18 heavy (non-hydrogen) atoms. The molecule has 3 unspecified atom stereocenters. The van der Waals surface area contributed by atoms with Crippen LogP contribution in [0.4, 0.5) is 0 Å². The lowest BCUT2D eigenvalue weighted by Gasteiger charge is -2.22. The van der Waals surface area contributed by atoms with Gasteiger partial charge in [0.2, 0.25) is 0 Å². The number of carbonyl (C=O) groups excluding carboxylic acids is 1. The molecule has 0 aliphatic carbocycles. The second-order valence-corrected chi connectivity index (χ2v) is 4.45. The quantitative estimate of drug-likeness (QED) is 0.752. The van der Waals surface area contributed by atoms with Crippen LogP contribution in [-0.2, 0) is 13.9 Å². The fourth-order valence-corrected chi connectivity index (χ4v) is 2.15. The lowest BCUT2D eigenvalue weighted by atomic mass is 9.99. The standard InChI is InChI=1S/C11H16NO5P/c1-7(13)11(17-18(14)15)10(12)8-5-3-4-6-9(8)16-2/h3-6,10-11,18H,12H2,1-2H3,(H,14,15). The number of para-hydroxylation sites is 1. The molecule has 3 N–H and O–H groups in total. The van der Waals surface area contributed by atoms with Gasteiger partial charge in [-0.15, -0.1) is 0 Å². The molecule has 0 bridgehead atoms. The van der Waals surface area contributed by atoms with Crippen LogP contribution < -0.4 is 10.5 Å². The molecular formula is C11H16NO5P. The van der Waals surface area contributed by atoms with Crippen molar-refractivity contribution in [3.05, 3.63) is 29.8 Å². The van der Waals surface area contributed by atoms with E-state index in [9.17, 15) is 9.36 Å². The Labute approximate surface area is 106 Å². The molecule has 100 valence electrons. The molecule has 1 aromatic carbocycles. The second kappa shape index (κ2) is 6.66. The first-order valence-corrected chi connectivity index (χ1v) is 6.52. The highest BCUT2D eigenvalue weighted by atomic mass is 31.1. The Morgan fingerprint density at radius 3 is 2.56 bits per heavy atom. The molecule has 0 saturated heterocycles. The number of methoxy groups -OCH3 is 1. The number of ether oxygens (including phenoxy) is 1. The number of Topliss-reactive ketones (excluding diaryl/α,β-unsaturated/α-hetero) is 1. The van der Waals surface area contributed by atoms with Gasteiger partial charge < -0.3 is 15.4 Å². The SMILES string of the molecule is COc1ccccc1C(N)C(O[PH](=O)O)C(C)=O. The van der Waals surface area contributed by atoms with Gasteiger partial charge in [0.25, 0.3) is 0 Å². The number of hydrogen-bond acceptors (Lipinski definition) is 5. The van der Waals surface area contributed by atoms with Gasteiger partial charge in [-0.1, -0.05) is 18.2 Å². The Morgan fingerprint density at radius 2 is 2.06 bits per heavy atom. The Balaban J connectivity index is 3.05. The van der Waals surface area contributed by atoms with Gasteiger partial charge >= 0.3 is 8.25 Å². The molecule has 0 saturated carbocycles.